The highest BCUT2D eigenvalue weighted by Gasteiger charge is 2.16. The summed E-state index contributed by atoms with van der Waals surface area (Å²) in [7, 11) is 0. The predicted octanol–water partition coefficient (Wildman–Crippen LogP) is 3.63. The van der Waals surface area contributed by atoms with Gasteiger partial charge in [0.05, 0.1) is 9.95 Å². The molecule has 0 aliphatic carbocycles. The number of ether oxygens (including phenoxy) is 1. The molecule has 7 heteroatoms. The van der Waals surface area contributed by atoms with Gasteiger partial charge in [-0.15, -0.1) is 0 Å². The first-order valence-corrected chi connectivity index (χ1v) is 6.33. The van der Waals surface area contributed by atoms with E-state index >= 15 is 0 Å². The lowest BCUT2D eigenvalue weighted by molar-refractivity contribution is -0.385. The van der Waals surface area contributed by atoms with Crippen molar-refractivity contribution < 1.29 is 9.66 Å². The number of nitrogens with two attached hydrogens (primary N) is 1. The van der Waals surface area contributed by atoms with Crippen LogP contribution in [-0.4, -0.2) is 10.8 Å². The minimum Gasteiger partial charge on any atom is -0.450 e. The first-order chi connectivity index (χ1) is 9.88. The van der Waals surface area contributed by atoms with Crippen LogP contribution in [-0.2, 0) is 0 Å². The number of benzene rings is 2. The number of nitro groups is 1. The Morgan fingerprint density at radius 1 is 1.33 bits per heavy atom. The number of rotatable bonds is 4. The van der Waals surface area contributed by atoms with E-state index in [9.17, 15) is 10.1 Å². The first kappa shape index (κ1) is 14.8. The molecule has 0 aliphatic heterocycles. The summed E-state index contributed by atoms with van der Waals surface area (Å²) < 4.78 is 5.53. The molecule has 0 saturated heterocycles. The van der Waals surface area contributed by atoms with Crippen LogP contribution in [0, 0.1) is 22.4 Å². The second-order valence-corrected chi connectivity index (χ2v) is 4.79. The Labute approximate surface area is 125 Å². The number of nitrogen functional groups attached to an aromatic ring is 1. The standard InChI is InChI=1S/C14H12ClN3O3/c1-8-2-5-12(18(19)20)13(6-8)21-9-3-4-10(14(16)17)11(15)7-9/h2-7H,1H3,(H3,16,17). The van der Waals surface area contributed by atoms with Crippen LogP contribution in [0.5, 0.6) is 11.5 Å². The maximum absolute atomic E-state index is 11.0. The average molecular weight is 306 g/mol. The van der Waals surface area contributed by atoms with Crippen LogP contribution in [0.2, 0.25) is 5.02 Å². The smallest absolute Gasteiger partial charge is 0.311 e. The Balaban J connectivity index is 2.38. The van der Waals surface area contributed by atoms with Crippen molar-refractivity contribution in [2.24, 2.45) is 5.73 Å². The quantitative estimate of drug-likeness (QED) is 0.389. The fourth-order valence-electron chi connectivity index (χ4n) is 1.76. The number of amidine groups is 1. The van der Waals surface area contributed by atoms with Crippen molar-refractivity contribution in [1.82, 2.24) is 0 Å². The van der Waals surface area contributed by atoms with Gasteiger partial charge in [0, 0.05) is 17.7 Å². The van der Waals surface area contributed by atoms with Crippen LogP contribution < -0.4 is 10.5 Å². The van der Waals surface area contributed by atoms with Gasteiger partial charge in [-0.05, 0) is 30.7 Å². The summed E-state index contributed by atoms with van der Waals surface area (Å²) in [6.07, 6.45) is 0. The van der Waals surface area contributed by atoms with Gasteiger partial charge in [0.2, 0.25) is 5.75 Å². The lowest BCUT2D eigenvalue weighted by atomic mass is 10.2. The third-order valence-corrected chi connectivity index (χ3v) is 3.08. The van der Waals surface area contributed by atoms with E-state index in [0.29, 0.717) is 11.3 Å². The molecule has 0 spiro atoms. The fourth-order valence-corrected chi connectivity index (χ4v) is 2.03. The summed E-state index contributed by atoms with van der Waals surface area (Å²) in [5.74, 6) is 0.304. The molecule has 0 heterocycles. The van der Waals surface area contributed by atoms with Gasteiger partial charge in [-0.1, -0.05) is 17.7 Å². The minimum atomic E-state index is -0.514. The Hall–Kier alpha value is -2.60. The minimum absolute atomic E-state index is 0.131. The van der Waals surface area contributed by atoms with Crippen LogP contribution in [0.15, 0.2) is 36.4 Å². The van der Waals surface area contributed by atoms with Crippen molar-refractivity contribution in [2.45, 2.75) is 6.92 Å². The number of hydrogen-bond acceptors (Lipinski definition) is 4. The van der Waals surface area contributed by atoms with Crippen molar-refractivity contribution >= 4 is 23.1 Å². The van der Waals surface area contributed by atoms with Crippen molar-refractivity contribution in [3.8, 4) is 11.5 Å². The molecular formula is C14H12ClN3O3. The van der Waals surface area contributed by atoms with Gasteiger partial charge < -0.3 is 10.5 Å². The maximum atomic E-state index is 11.0. The van der Waals surface area contributed by atoms with Gasteiger partial charge in [-0.25, -0.2) is 0 Å². The molecule has 0 fully saturated rings. The second kappa shape index (κ2) is 5.80. The lowest BCUT2D eigenvalue weighted by Gasteiger charge is -2.09. The maximum Gasteiger partial charge on any atom is 0.311 e. The van der Waals surface area contributed by atoms with Crippen LogP contribution in [0.25, 0.3) is 0 Å². The highest BCUT2D eigenvalue weighted by Crippen LogP contribution is 2.33. The van der Waals surface area contributed by atoms with Crippen LogP contribution in [0.1, 0.15) is 11.1 Å². The molecule has 21 heavy (non-hydrogen) atoms. The van der Waals surface area contributed by atoms with Crippen LogP contribution in [0.4, 0.5) is 5.69 Å². The third-order valence-electron chi connectivity index (χ3n) is 2.77. The monoisotopic (exact) mass is 305 g/mol. The topological polar surface area (TPSA) is 102 Å². The Morgan fingerprint density at radius 2 is 2.05 bits per heavy atom. The Bertz CT molecular complexity index is 731. The van der Waals surface area contributed by atoms with Gasteiger partial charge >= 0.3 is 5.69 Å². The number of nitro benzene ring substituents is 1. The Morgan fingerprint density at radius 3 is 2.62 bits per heavy atom. The van der Waals surface area contributed by atoms with E-state index in [2.05, 4.69) is 0 Å². The second-order valence-electron chi connectivity index (χ2n) is 4.39. The highest BCUT2D eigenvalue weighted by atomic mass is 35.5. The molecule has 0 radical (unpaired) electrons. The molecule has 0 amide bonds. The molecule has 0 bridgehead atoms. The van der Waals surface area contributed by atoms with Gasteiger partial charge in [0.15, 0.2) is 0 Å². The normalized spacial score (nSPS) is 10.2. The number of nitrogens with one attached hydrogen (secondary N) is 1. The van der Waals surface area contributed by atoms with Gasteiger partial charge in [-0.3, -0.25) is 15.5 Å². The number of halogens is 1. The van der Waals surface area contributed by atoms with Gasteiger partial charge in [-0.2, -0.15) is 0 Å². The van der Waals surface area contributed by atoms with Crippen molar-refractivity contribution in [2.75, 3.05) is 0 Å². The highest BCUT2D eigenvalue weighted by molar-refractivity contribution is 6.34. The molecule has 0 saturated carbocycles. The number of hydrogen-bond donors (Lipinski definition) is 2. The molecule has 0 aliphatic rings. The lowest BCUT2D eigenvalue weighted by Crippen LogP contribution is -2.11. The summed E-state index contributed by atoms with van der Waals surface area (Å²) in [4.78, 5) is 10.5. The van der Waals surface area contributed by atoms with E-state index in [1.54, 1.807) is 18.2 Å². The van der Waals surface area contributed by atoms with Gasteiger partial charge in [0.1, 0.15) is 11.6 Å². The van der Waals surface area contributed by atoms with Crippen LogP contribution in [0.3, 0.4) is 0 Å². The number of aryl methyl sites for hydroxylation is 1. The zero-order valence-electron chi connectivity index (χ0n) is 11.1. The van der Waals surface area contributed by atoms with E-state index in [4.69, 9.17) is 27.5 Å². The van der Waals surface area contributed by atoms with E-state index in [-0.39, 0.29) is 22.3 Å². The first-order valence-electron chi connectivity index (χ1n) is 5.95. The van der Waals surface area contributed by atoms with E-state index in [0.717, 1.165) is 5.56 Å². The molecule has 2 aromatic carbocycles. The molecule has 6 nitrogen and oxygen atoms in total. The zero-order valence-corrected chi connectivity index (χ0v) is 11.8. The molecule has 2 rings (SSSR count). The summed E-state index contributed by atoms with van der Waals surface area (Å²) >= 11 is 5.99. The molecule has 0 atom stereocenters. The predicted molar refractivity (Wildman–Crippen MR) is 80.4 cm³/mol. The van der Waals surface area contributed by atoms with E-state index < -0.39 is 4.92 Å². The molecule has 3 N–H and O–H groups in total. The van der Waals surface area contributed by atoms with E-state index in [1.165, 1.54) is 18.2 Å². The molecule has 0 unspecified atom stereocenters. The largest absolute Gasteiger partial charge is 0.450 e. The number of nitrogens with zero attached hydrogens (tertiary/aromatic N) is 1. The molecule has 108 valence electrons. The summed E-state index contributed by atoms with van der Waals surface area (Å²) in [5.41, 5.74) is 6.45. The third kappa shape index (κ3) is 3.29. The van der Waals surface area contributed by atoms with E-state index in [1.807, 2.05) is 6.92 Å². The molecular weight excluding hydrogens is 294 g/mol. The summed E-state index contributed by atoms with van der Waals surface area (Å²) in [6.45, 7) is 1.81. The molecule has 2 aromatic rings. The average Bonchev–Trinajstić information content (AvgIpc) is 2.37. The van der Waals surface area contributed by atoms with Crippen molar-refractivity contribution in [3.05, 3.63) is 62.7 Å². The van der Waals surface area contributed by atoms with Crippen molar-refractivity contribution in [3.63, 3.8) is 0 Å². The summed E-state index contributed by atoms with van der Waals surface area (Å²) in [6, 6.07) is 9.14. The zero-order chi connectivity index (χ0) is 15.6. The van der Waals surface area contributed by atoms with Gasteiger partial charge in [0.25, 0.3) is 0 Å². The SMILES string of the molecule is Cc1ccc([N+](=O)[O-])c(Oc2ccc(C(=N)N)c(Cl)c2)c1. The summed E-state index contributed by atoms with van der Waals surface area (Å²) in [5, 5.41) is 18.6. The fraction of sp³-hybridized carbons (Fsp3) is 0.0714. The molecule has 0 aromatic heterocycles. The Kier molecular flexibility index (Phi) is 4.09. The van der Waals surface area contributed by atoms with Crippen LogP contribution >= 0.6 is 11.6 Å². The van der Waals surface area contributed by atoms with Crippen molar-refractivity contribution in [1.29, 1.82) is 5.41 Å².